The van der Waals surface area contributed by atoms with Crippen LogP contribution in [0.1, 0.15) is 23.2 Å². The van der Waals surface area contributed by atoms with Gasteiger partial charge in [0.25, 0.3) is 5.91 Å². The Kier molecular flexibility index (Phi) is 3.49. The van der Waals surface area contributed by atoms with Crippen LogP contribution in [0, 0.1) is 5.92 Å². The van der Waals surface area contributed by atoms with Gasteiger partial charge in [-0.3, -0.25) is 15.0 Å². The summed E-state index contributed by atoms with van der Waals surface area (Å²) in [6, 6.07) is 14.4. The van der Waals surface area contributed by atoms with Crippen molar-refractivity contribution < 1.29 is 9.59 Å². The van der Waals surface area contributed by atoms with Crippen LogP contribution in [0.15, 0.2) is 54.9 Å². The van der Waals surface area contributed by atoms with Crippen LogP contribution in [0.4, 0.5) is 5.69 Å². The zero-order valence-corrected chi connectivity index (χ0v) is 12.9. The lowest BCUT2D eigenvalue weighted by molar-refractivity contribution is -0.117. The maximum atomic E-state index is 12.4. The Morgan fingerprint density at radius 1 is 1.04 bits per heavy atom. The minimum absolute atomic E-state index is 0.0529. The normalized spacial score (nSPS) is 13.7. The summed E-state index contributed by atoms with van der Waals surface area (Å²) in [5.41, 5.74) is 5.66. The Balaban J connectivity index is 1.47. The van der Waals surface area contributed by atoms with Crippen LogP contribution in [-0.4, -0.2) is 21.5 Å². The summed E-state index contributed by atoms with van der Waals surface area (Å²) in [6.45, 7) is 0. The minimum atomic E-state index is -0.238. The van der Waals surface area contributed by atoms with Crippen molar-refractivity contribution in [1.82, 2.24) is 9.66 Å². The van der Waals surface area contributed by atoms with Crippen molar-refractivity contribution in [2.24, 2.45) is 5.92 Å². The molecule has 2 amide bonds. The molecule has 0 bridgehead atoms. The molecule has 120 valence electrons. The van der Waals surface area contributed by atoms with Gasteiger partial charge in [-0.1, -0.05) is 12.1 Å². The predicted molar refractivity (Wildman–Crippen MR) is 91.2 cm³/mol. The fourth-order valence-electron chi connectivity index (χ4n) is 2.52. The molecule has 0 atom stereocenters. The minimum Gasteiger partial charge on any atom is -0.326 e. The van der Waals surface area contributed by atoms with E-state index in [2.05, 4.69) is 15.7 Å². The van der Waals surface area contributed by atoms with Crippen molar-refractivity contribution in [3.63, 3.8) is 0 Å². The fraction of sp³-hybridized carbons (Fsp3) is 0.167. The van der Waals surface area contributed by atoms with Gasteiger partial charge >= 0.3 is 0 Å². The van der Waals surface area contributed by atoms with E-state index >= 15 is 0 Å². The number of para-hydroxylation sites is 2. The number of nitrogens with one attached hydrogen (secondary N) is 2. The topological polar surface area (TPSA) is 76.0 Å². The summed E-state index contributed by atoms with van der Waals surface area (Å²) in [7, 11) is 0. The molecule has 1 saturated carbocycles. The van der Waals surface area contributed by atoms with E-state index in [1.807, 2.05) is 24.3 Å². The molecule has 2 aromatic carbocycles. The molecule has 6 nitrogen and oxygen atoms in total. The van der Waals surface area contributed by atoms with Crippen LogP contribution >= 0.6 is 0 Å². The highest BCUT2D eigenvalue weighted by Crippen LogP contribution is 2.30. The van der Waals surface area contributed by atoms with E-state index in [1.54, 1.807) is 35.3 Å². The second kappa shape index (κ2) is 5.81. The molecule has 4 rings (SSSR count). The second-order valence-electron chi connectivity index (χ2n) is 5.89. The largest absolute Gasteiger partial charge is 0.326 e. The standard InChI is InChI=1S/C18H16N4O2/c23-17(12-5-6-12)20-14-9-7-13(8-10-14)18(24)21-22-11-19-15-3-1-2-4-16(15)22/h1-4,7-12H,5-6H2,(H,20,23)(H,21,24). The first-order valence-corrected chi connectivity index (χ1v) is 7.85. The molecule has 6 heteroatoms. The van der Waals surface area contributed by atoms with Gasteiger partial charge in [-0.2, -0.15) is 0 Å². The van der Waals surface area contributed by atoms with Gasteiger partial charge in [-0.05, 0) is 49.2 Å². The molecule has 1 heterocycles. The van der Waals surface area contributed by atoms with E-state index < -0.39 is 0 Å². The monoisotopic (exact) mass is 320 g/mol. The van der Waals surface area contributed by atoms with E-state index in [1.165, 1.54) is 0 Å². The van der Waals surface area contributed by atoms with Gasteiger partial charge in [0.1, 0.15) is 6.33 Å². The average Bonchev–Trinajstić information content (AvgIpc) is 3.38. The number of rotatable bonds is 4. The van der Waals surface area contributed by atoms with Crippen molar-refractivity contribution in [2.45, 2.75) is 12.8 Å². The number of hydrogen-bond acceptors (Lipinski definition) is 3. The van der Waals surface area contributed by atoms with Crippen molar-refractivity contribution >= 4 is 28.5 Å². The van der Waals surface area contributed by atoms with Gasteiger partial charge < -0.3 is 5.32 Å². The zero-order chi connectivity index (χ0) is 16.5. The number of carbonyl (C=O) groups is 2. The highest BCUT2D eigenvalue weighted by atomic mass is 16.2. The Bertz CT molecular complexity index is 910. The van der Waals surface area contributed by atoms with E-state index in [0.29, 0.717) is 11.3 Å². The number of anilines is 1. The molecule has 1 aromatic heterocycles. The third kappa shape index (κ3) is 2.86. The lowest BCUT2D eigenvalue weighted by atomic mass is 10.2. The molecule has 1 aliphatic rings. The Morgan fingerprint density at radius 2 is 1.79 bits per heavy atom. The lowest BCUT2D eigenvalue weighted by Gasteiger charge is -2.08. The van der Waals surface area contributed by atoms with Gasteiger partial charge in [-0.25, -0.2) is 9.66 Å². The van der Waals surface area contributed by atoms with E-state index in [-0.39, 0.29) is 17.7 Å². The maximum Gasteiger partial charge on any atom is 0.270 e. The zero-order valence-electron chi connectivity index (χ0n) is 12.9. The molecule has 0 unspecified atom stereocenters. The maximum absolute atomic E-state index is 12.4. The molecule has 24 heavy (non-hydrogen) atoms. The molecule has 2 N–H and O–H groups in total. The average molecular weight is 320 g/mol. The summed E-state index contributed by atoms with van der Waals surface area (Å²) < 4.78 is 1.60. The first kappa shape index (κ1) is 14.4. The quantitative estimate of drug-likeness (QED) is 0.776. The van der Waals surface area contributed by atoms with E-state index in [9.17, 15) is 9.59 Å². The molecule has 0 aliphatic heterocycles. The van der Waals surface area contributed by atoms with Gasteiger partial charge in [0, 0.05) is 17.2 Å². The number of amides is 2. The third-order valence-electron chi connectivity index (χ3n) is 4.04. The molecule has 1 fully saturated rings. The van der Waals surface area contributed by atoms with Crippen molar-refractivity contribution in [3.8, 4) is 0 Å². The SMILES string of the molecule is O=C(Nn1cnc2ccccc21)c1ccc(NC(=O)C2CC2)cc1. The molecule has 1 aliphatic carbocycles. The van der Waals surface area contributed by atoms with E-state index in [0.717, 1.165) is 23.9 Å². The van der Waals surface area contributed by atoms with Gasteiger partial charge in [0.05, 0.1) is 11.0 Å². The highest BCUT2D eigenvalue weighted by Gasteiger charge is 2.29. The Hall–Kier alpha value is -3.15. The number of nitrogens with zero attached hydrogens (tertiary/aromatic N) is 2. The van der Waals surface area contributed by atoms with Crippen molar-refractivity contribution in [2.75, 3.05) is 10.7 Å². The molecular formula is C18H16N4O2. The molecular weight excluding hydrogens is 304 g/mol. The fourth-order valence-corrected chi connectivity index (χ4v) is 2.52. The summed E-state index contributed by atoms with van der Waals surface area (Å²) >= 11 is 0. The lowest BCUT2D eigenvalue weighted by Crippen LogP contribution is -2.22. The van der Waals surface area contributed by atoms with Crippen LogP contribution < -0.4 is 10.7 Å². The number of fused-ring (bicyclic) bond motifs is 1. The van der Waals surface area contributed by atoms with Crippen molar-refractivity contribution in [1.29, 1.82) is 0 Å². The second-order valence-corrected chi connectivity index (χ2v) is 5.89. The molecule has 3 aromatic rings. The van der Waals surface area contributed by atoms with Crippen LogP contribution in [-0.2, 0) is 4.79 Å². The van der Waals surface area contributed by atoms with Crippen LogP contribution in [0.25, 0.3) is 11.0 Å². The summed E-state index contributed by atoms with van der Waals surface area (Å²) in [5, 5.41) is 2.85. The van der Waals surface area contributed by atoms with Gasteiger partial charge in [-0.15, -0.1) is 0 Å². The van der Waals surface area contributed by atoms with Gasteiger partial charge in [0.2, 0.25) is 5.91 Å². The predicted octanol–water partition coefficient (Wildman–Crippen LogP) is 2.77. The summed E-state index contributed by atoms with van der Waals surface area (Å²) in [6.07, 6.45) is 3.50. The summed E-state index contributed by atoms with van der Waals surface area (Å²) in [5.74, 6) is -0.0298. The number of aromatic nitrogens is 2. The van der Waals surface area contributed by atoms with Crippen LogP contribution in [0.3, 0.4) is 0 Å². The number of imidazole rings is 1. The van der Waals surface area contributed by atoms with Crippen LogP contribution in [0.5, 0.6) is 0 Å². The number of benzene rings is 2. The number of carbonyl (C=O) groups excluding carboxylic acids is 2. The van der Waals surface area contributed by atoms with E-state index in [4.69, 9.17) is 0 Å². The molecule has 0 spiro atoms. The van der Waals surface area contributed by atoms with Gasteiger partial charge in [0.15, 0.2) is 0 Å². The van der Waals surface area contributed by atoms with Crippen molar-refractivity contribution in [3.05, 3.63) is 60.4 Å². The molecule has 0 radical (unpaired) electrons. The Labute approximate surface area is 138 Å². The van der Waals surface area contributed by atoms with Crippen LogP contribution in [0.2, 0.25) is 0 Å². The third-order valence-corrected chi connectivity index (χ3v) is 4.04. The molecule has 0 saturated heterocycles. The number of hydrogen-bond donors (Lipinski definition) is 2. The Morgan fingerprint density at radius 3 is 2.54 bits per heavy atom. The summed E-state index contributed by atoms with van der Waals surface area (Å²) in [4.78, 5) is 28.3. The highest BCUT2D eigenvalue weighted by molar-refractivity contribution is 6.01. The first-order valence-electron chi connectivity index (χ1n) is 7.85. The smallest absolute Gasteiger partial charge is 0.270 e. The first-order chi connectivity index (χ1) is 11.7.